The molecule has 4 heteroatoms. The minimum Gasteiger partial charge on any atom is -0.377 e. The van der Waals surface area contributed by atoms with Crippen LogP contribution in [0, 0.1) is 0 Å². The monoisotopic (exact) mass is 158 g/mol. The summed E-state index contributed by atoms with van der Waals surface area (Å²) in [6.07, 6.45) is 0.967. The van der Waals surface area contributed by atoms with Crippen LogP contribution in [0.2, 0.25) is 0 Å². The fourth-order valence-corrected chi connectivity index (χ4v) is 0.794. The van der Waals surface area contributed by atoms with Crippen LogP contribution in [0.4, 0.5) is 4.79 Å². The predicted molar refractivity (Wildman–Crippen MR) is 41.4 cm³/mol. The van der Waals surface area contributed by atoms with Crippen LogP contribution in [0.3, 0.4) is 0 Å². The number of hydrogen-bond donors (Lipinski definition) is 2. The highest BCUT2D eigenvalue weighted by atomic mass is 16.5. The number of carbonyl (C=O) groups is 1. The zero-order chi connectivity index (χ0) is 8.10. The molecular weight excluding hydrogens is 144 g/mol. The molecule has 1 aliphatic heterocycles. The van der Waals surface area contributed by atoms with Gasteiger partial charge < -0.3 is 15.4 Å². The Morgan fingerprint density at radius 1 is 1.64 bits per heavy atom. The van der Waals surface area contributed by atoms with Crippen LogP contribution in [0.15, 0.2) is 0 Å². The summed E-state index contributed by atoms with van der Waals surface area (Å²) >= 11 is 0. The first-order valence-electron chi connectivity index (χ1n) is 3.95. The molecule has 0 atom stereocenters. The van der Waals surface area contributed by atoms with E-state index in [1.165, 1.54) is 0 Å². The highest BCUT2D eigenvalue weighted by Gasteiger charge is 2.19. The van der Waals surface area contributed by atoms with Crippen LogP contribution in [0.5, 0.6) is 0 Å². The van der Waals surface area contributed by atoms with E-state index in [0.29, 0.717) is 13.2 Å². The normalized spacial score (nSPS) is 17.2. The van der Waals surface area contributed by atoms with E-state index in [9.17, 15) is 4.79 Å². The van der Waals surface area contributed by atoms with Gasteiger partial charge in [0.25, 0.3) is 0 Å². The van der Waals surface area contributed by atoms with Gasteiger partial charge in [-0.3, -0.25) is 0 Å². The van der Waals surface area contributed by atoms with Crippen LogP contribution >= 0.6 is 0 Å². The van der Waals surface area contributed by atoms with Crippen LogP contribution < -0.4 is 10.6 Å². The van der Waals surface area contributed by atoms with E-state index >= 15 is 0 Å². The van der Waals surface area contributed by atoms with Crippen molar-refractivity contribution in [2.45, 2.75) is 19.4 Å². The van der Waals surface area contributed by atoms with E-state index in [2.05, 4.69) is 10.6 Å². The molecule has 0 aromatic rings. The van der Waals surface area contributed by atoms with Crippen LogP contribution in [0.25, 0.3) is 0 Å². The van der Waals surface area contributed by atoms with Crippen LogP contribution in [0.1, 0.15) is 13.3 Å². The van der Waals surface area contributed by atoms with Crippen molar-refractivity contribution >= 4 is 6.03 Å². The maximum atomic E-state index is 10.9. The molecule has 2 N–H and O–H groups in total. The largest absolute Gasteiger partial charge is 0.377 e. The van der Waals surface area contributed by atoms with Crippen molar-refractivity contribution in [1.29, 1.82) is 0 Å². The molecule has 0 radical (unpaired) electrons. The summed E-state index contributed by atoms with van der Waals surface area (Å²) in [6, 6.07) is 0.145. The third-order valence-electron chi connectivity index (χ3n) is 1.51. The Kier molecular flexibility index (Phi) is 3.16. The second-order valence-electron chi connectivity index (χ2n) is 2.63. The van der Waals surface area contributed by atoms with Gasteiger partial charge in [-0.05, 0) is 6.42 Å². The number of rotatable bonds is 3. The molecule has 0 aromatic heterocycles. The lowest BCUT2D eigenvalue weighted by Gasteiger charge is -2.26. The van der Waals surface area contributed by atoms with E-state index < -0.39 is 0 Å². The van der Waals surface area contributed by atoms with Gasteiger partial charge in [-0.1, -0.05) is 6.92 Å². The highest BCUT2D eigenvalue weighted by Crippen LogP contribution is 1.98. The number of hydrogen-bond acceptors (Lipinski definition) is 2. The number of amides is 2. The summed E-state index contributed by atoms with van der Waals surface area (Å²) < 4.78 is 4.90. The summed E-state index contributed by atoms with van der Waals surface area (Å²) in [7, 11) is 0. The summed E-state index contributed by atoms with van der Waals surface area (Å²) in [4.78, 5) is 10.9. The molecule has 1 saturated heterocycles. The van der Waals surface area contributed by atoms with Gasteiger partial charge in [-0.25, -0.2) is 4.79 Å². The molecule has 1 rings (SSSR count). The van der Waals surface area contributed by atoms with Gasteiger partial charge in [0.2, 0.25) is 0 Å². The average molecular weight is 158 g/mol. The van der Waals surface area contributed by atoms with Crippen molar-refractivity contribution in [3.8, 4) is 0 Å². The lowest BCUT2D eigenvalue weighted by molar-refractivity contribution is 0.0000152. The van der Waals surface area contributed by atoms with Crippen LogP contribution in [-0.2, 0) is 4.74 Å². The molecule has 0 unspecified atom stereocenters. The summed E-state index contributed by atoms with van der Waals surface area (Å²) in [5.41, 5.74) is 0. The third kappa shape index (κ3) is 2.76. The molecular formula is C7H14N2O2. The average Bonchev–Trinajstić information content (AvgIpc) is 1.93. The summed E-state index contributed by atoms with van der Waals surface area (Å²) in [5.74, 6) is 0. The zero-order valence-electron chi connectivity index (χ0n) is 6.72. The van der Waals surface area contributed by atoms with Crippen molar-refractivity contribution in [3.63, 3.8) is 0 Å². The van der Waals surface area contributed by atoms with Crippen LogP contribution in [-0.4, -0.2) is 31.8 Å². The Morgan fingerprint density at radius 2 is 2.36 bits per heavy atom. The van der Waals surface area contributed by atoms with Gasteiger partial charge in [0.05, 0.1) is 19.3 Å². The van der Waals surface area contributed by atoms with Crippen molar-refractivity contribution < 1.29 is 9.53 Å². The maximum absolute atomic E-state index is 10.9. The number of nitrogens with one attached hydrogen (secondary N) is 2. The minimum absolute atomic E-state index is 0.0832. The Morgan fingerprint density at radius 3 is 2.82 bits per heavy atom. The molecule has 4 nitrogen and oxygen atoms in total. The zero-order valence-corrected chi connectivity index (χ0v) is 6.72. The first-order chi connectivity index (χ1) is 5.33. The third-order valence-corrected chi connectivity index (χ3v) is 1.51. The highest BCUT2D eigenvalue weighted by molar-refractivity contribution is 5.74. The molecule has 11 heavy (non-hydrogen) atoms. The van der Waals surface area contributed by atoms with Crippen molar-refractivity contribution in [2.24, 2.45) is 0 Å². The molecule has 0 saturated carbocycles. The molecule has 1 fully saturated rings. The van der Waals surface area contributed by atoms with Gasteiger partial charge in [0, 0.05) is 6.54 Å². The van der Waals surface area contributed by atoms with Gasteiger partial charge in [0.15, 0.2) is 0 Å². The van der Waals surface area contributed by atoms with E-state index in [0.717, 1.165) is 13.0 Å². The predicted octanol–water partition coefficient (Wildman–Crippen LogP) is 0.0944. The Hall–Kier alpha value is -0.770. The van der Waals surface area contributed by atoms with Gasteiger partial charge >= 0.3 is 6.03 Å². The van der Waals surface area contributed by atoms with Crippen molar-refractivity contribution in [1.82, 2.24) is 10.6 Å². The second kappa shape index (κ2) is 4.18. The van der Waals surface area contributed by atoms with E-state index in [-0.39, 0.29) is 12.1 Å². The lowest BCUT2D eigenvalue weighted by Crippen LogP contribution is -2.51. The number of carbonyl (C=O) groups excluding carboxylic acids is 1. The van der Waals surface area contributed by atoms with Gasteiger partial charge in [-0.15, -0.1) is 0 Å². The Balaban J connectivity index is 2.00. The topological polar surface area (TPSA) is 50.4 Å². The maximum Gasteiger partial charge on any atom is 0.315 e. The lowest BCUT2D eigenvalue weighted by atomic mass is 10.3. The van der Waals surface area contributed by atoms with E-state index in [1.807, 2.05) is 6.92 Å². The second-order valence-corrected chi connectivity index (χ2v) is 2.63. The summed E-state index contributed by atoms with van der Waals surface area (Å²) in [6.45, 7) is 4.06. The number of urea groups is 1. The SMILES string of the molecule is CCCNC(=O)NC1COC1. The molecule has 0 aromatic carbocycles. The first-order valence-corrected chi connectivity index (χ1v) is 3.95. The standard InChI is InChI=1S/C7H14N2O2/c1-2-3-8-7(10)9-6-4-11-5-6/h6H,2-5H2,1H3,(H2,8,9,10). The molecule has 1 aliphatic rings. The van der Waals surface area contributed by atoms with E-state index in [4.69, 9.17) is 4.74 Å². The van der Waals surface area contributed by atoms with Crippen molar-refractivity contribution in [3.05, 3.63) is 0 Å². The van der Waals surface area contributed by atoms with Gasteiger partial charge in [0.1, 0.15) is 0 Å². The first kappa shape index (κ1) is 8.33. The smallest absolute Gasteiger partial charge is 0.315 e. The Bertz CT molecular complexity index is 134. The Labute approximate surface area is 66.3 Å². The molecule has 0 aliphatic carbocycles. The number of ether oxygens (including phenoxy) is 1. The minimum atomic E-state index is -0.0832. The van der Waals surface area contributed by atoms with Crippen molar-refractivity contribution in [2.75, 3.05) is 19.8 Å². The molecule has 2 amide bonds. The molecule has 1 heterocycles. The molecule has 0 spiro atoms. The van der Waals surface area contributed by atoms with E-state index in [1.54, 1.807) is 0 Å². The molecule has 0 bridgehead atoms. The fraction of sp³-hybridized carbons (Fsp3) is 0.857. The molecule has 64 valence electrons. The van der Waals surface area contributed by atoms with Gasteiger partial charge in [-0.2, -0.15) is 0 Å². The fourth-order valence-electron chi connectivity index (χ4n) is 0.794. The quantitative estimate of drug-likeness (QED) is 0.611. The summed E-state index contributed by atoms with van der Waals surface area (Å²) in [5, 5.41) is 5.50.